The summed E-state index contributed by atoms with van der Waals surface area (Å²) in [7, 11) is 0. The number of aryl methyl sites for hydroxylation is 3. The molecule has 0 radical (unpaired) electrons. The number of amides is 1. The summed E-state index contributed by atoms with van der Waals surface area (Å²) in [5.74, 6) is 0.866. The van der Waals surface area contributed by atoms with E-state index in [0.29, 0.717) is 13.0 Å². The van der Waals surface area contributed by atoms with E-state index in [0.717, 1.165) is 17.7 Å². The minimum absolute atomic E-state index is 0.0236. The van der Waals surface area contributed by atoms with Gasteiger partial charge in [0.05, 0.1) is 12.5 Å². The third-order valence-electron chi connectivity index (χ3n) is 4.18. The van der Waals surface area contributed by atoms with Gasteiger partial charge in [-0.15, -0.1) is 0 Å². The topological polar surface area (TPSA) is 38.3 Å². The van der Waals surface area contributed by atoms with Gasteiger partial charge in [-0.3, -0.25) is 4.79 Å². The fourth-order valence-electron chi connectivity index (χ4n) is 2.47. The second-order valence-electron chi connectivity index (χ2n) is 6.37. The Bertz CT molecular complexity index is 677. The van der Waals surface area contributed by atoms with E-state index in [9.17, 15) is 4.79 Å². The van der Waals surface area contributed by atoms with Crippen molar-refractivity contribution in [2.24, 2.45) is 0 Å². The molecule has 24 heavy (non-hydrogen) atoms. The molecule has 0 heterocycles. The lowest BCUT2D eigenvalue weighted by Crippen LogP contribution is -2.37. The molecule has 1 atom stereocenters. The number of hydrogen-bond acceptors (Lipinski definition) is 2. The zero-order chi connectivity index (χ0) is 17.5. The molecule has 0 fully saturated rings. The maximum absolute atomic E-state index is 12.1. The number of ether oxygens (including phenoxy) is 1. The zero-order valence-corrected chi connectivity index (χ0v) is 15.1. The van der Waals surface area contributed by atoms with Crippen molar-refractivity contribution >= 4 is 5.91 Å². The fraction of sp³-hybridized carbons (Fsp3) is 0.381. The van der Waals surface area contributed by atoms with Crippen LogP contribution in [0.15, 0.2) is 42.5 Å². The first-order valence-electron chi connectivity index (χ1n) is 8.55. The molecule has 3 nitrogen and oxygen atoms in total. The molecular weight excluding hydrogens is 298 g/mol. The van der Waals surface area contributed by atoms with Gasteiger partial charge in [0, 0.05) is 0 Å². The first kappa shape index (κ1) is 18.1. The average Bonchev–Trinajstić information content (AvgIpc) is 2.56. The third-order valence-corrected chi connectivity index (χ3v) is 4.18. The van der Waals surface area contributed by atoms with E-state index >= 15 is 0 Å². The Balaban J connectivity index is 1.79. The number of rotatable bonds is 7. The lowest BCUT2D eigenvalue weighted by atomic mass is 10.1. The number of hydrogen-bond donors (Lipinski definition) is 1. The van der Waals surface area contributed by atoms with Gasteiger partial charge in [0.2, 0.25) is 5.91 Å². The molecule has 2 aromatic carbocycles. The van der Waals surface area contributed by atoms with Gasteiger partial charge in [-0.2, -0.15) is 0 Å². The zero-order valence-electron chi connectivity index (χ0n) is 15.1. The average molecular weight is 325 g/mol. The van der Waals surface area contributed by atoms with E-state index in [2.05, 4.69) is 38.2 Å². The van der Waals surface area contributed by atoms with E-state index in [1.54, 1.807) is 0 Å². The maximum atomic E-state index is 12.1. The van der Waals surface area contributed by atoms with Crippen LogP contribution in [0.3, 0.4) is 0 Å². The summed E-state index contributed by atoms with van der Waals surface area (Å²) in [6, 6.07) is 14.2. The minimum atomic E-state index is -0.0333. The molecule has 0 aliphatic heterocycles. The van der Waals surface area contributed by atoms with Crippen molar-refractivity contribution in [2.75, 3.05) is 6.61 Å². The summed E-state index contributed by atoms with van der Waals surface area (Å²) in [5.41, 5.74) is 4.78. The Morgan fingerprint density at radius 2 is 1.71 bits per heavy atom. The van der Waals surface area contributed by atoms with Crippen LogP contribution in [-0.4, -0.2) is 18.6 Å². The lowest BCUT2D eigenvalue weighted by Gasteiger charge is -2.16. The van der Waals surface area contributed by atoms with Crippen molar-refractivity contribution in [1.82, 2.24) is 5.32 Å². The van der Waals surface area contributed by atoms with Gasteiger partial charge in [-0.25, -0.2) is 0 Å². The first-order chi connectivity index (χ1) is 11.5. The Kier molecular flexibility index (Phi) is 6.42. The molecule has 0 aromatic heterocycles. The van der Waals surface area contributed by atoms with Crippen LogP contribution in [0.25, 0.3) is 0 Å². The first-order valence-corrected chi connectivity index (χ1v) is 8.55. The molecule has 128 valence electrons. The summed E-state index contributed by atoms with van der Waals surface area (Å²) in [6.45, 7) is 8.69. The maximum Gasteiger partial charge on any atom is 0.224 e. The quantitative estimate of drug-likeness (QED) is 0.836. The minimum Gasteiger partial charge on any atom is -0.491 e. The Labute approximate surface area is 145 Å². The van der Waals surface area contributed by atoms with Crippen LogP contribution in [0.4, 0.5) is 0 Å². The van der Waals surface area contributed by atoms with E-state index in [1.807, 2.05) is 37.3 Å². The van der Waals surface area contributed by atoms with Crippen molar-refractivity contribution in [3.8, 4) is 5.75 Å². The van der Waals surface area contributed by atoms with Gasteiger partial charge in [-0.05, 0) is 61.6 Å². The van der Waals surface area contributed by atoms with Gasteiger partial charge in [0.1, 0.15) is 12.4 Å². The molecule has 0 aliphatic rings. The Morgan fingerprint density at radius 1 is 1.04 bits per heavy atom. The van der Waals surface area contributed by atoms with Crippen molar-refractivity contribution in [2.45, 2.75) is 46.6 Å². The van der Waals surface area contributed by atoms with Crippen molar-refractivity contribution in [3.63, 3.8) is 0 Å². The van der Waals surface area contributed by atoms with Gasteiger partial charge in [0.25, 0.3) is 0 Å². The van der Waals surface area contributed by atoms with E-state index in [4.69, 9.17) is 4.74 Å². The molecule has 2 rings (SSSR count). The van der Waals surface area contributed by atoms with E-state index < -0.39 is 0 Å². The summed E-state index contributed by atoms with van der Waals surface area (Å²) in [4.78, 5) is 12.1. The second-order valence-corrected chi connectivity index (χ2v) is 6.37. The standard InChI is InChI=1S/C21H27NO2/c1-5-18-7-9-19(10-8-18)13-21(23)22-17(4)14-24-20-11-6-15(2)16(3)12-20/h6-12,17H,5,13-14H2,1-4H3,(H,22,23)/t17-/m0/s1. The highest BCUT2D eigenvalue weighted by atomic mass is 16.5. The SMILES string of the molecule is CCc1ccc(CC(=O)N[C@@H](C)COc2ccc(C)c(C)c2)cc1. The molecule has 1 N–H and O–H groups in total. The van der Waals surface area contributed by atoms with Gasteiger partial charge in [-0.1, -0.05) is 37.3 Å². The molecule has 0 saturated heterocycles. The van der Waals surface area contributed by atoms with Crippen LogP contribution < -0.4 is 10.1 Å². The molecule has 0 unspecified atom stereocenters. The van der Waals surface area contributed by atoms with Crippen LogP contribution >= 0.6 is 0 Å². The Morgan fingerprint density at radius 3 is 2.33 bits per heavy atom. The molecule has 0 bridgehead atoms. The molecule has 3 heteroatoms. The number of carbonyl (C=O) groups is 1. The number of benzene rings is 2. The highest BCUT2D eigenvalue weighted by molar-refractivity contribution is 5.78. The molecule has 0 saturated carbocycles. The highest BCUT2D eigenvalue weighted by Gasteiger charge is 2.09. The lowest BCUT2D eigenvalue weighted by molar-refractivity contribution is -0.121. The van der Waals surface area contributed by atoms with Crippen molar-refractivity contribution in [3.05, 3.63) is 64.7 Å². The second kappa shape index (κ2) is 8.53. The molecule has 0 aliphatic carbocycles. The van der Waals surface area contributed by atoms with E-state index in [-0.39, 0.29) is 11.9 Å². The molecular formula is C21H27NO2. The largest absolute Gasteiger partial charge is 0.491 e. The van der Waals surface area contributed by atoms with Crippen LogP contribution in [0.2, 0.25) is 0 Å². The summed E-state index contributed by atoms with van der Waals surface area (Å²) < 4.78 is 5.77. The number of carbonyl (C=O) groups excluding carboxylic acids is 1. The predicted molar refractivity (Wildman–Crippen MR) is 98.5 cm³/mol. The van der Waals surface area contributed by atoms with Crippen LogP contribution in [0.1, 0.15) is 36.1 Å². The van der Waals surface area contributed by atoms with Crippen molar-refractivity contribution in [1.29, 1.82) is 0 Å². The number of nitrogens with one attached hydrogen (secondary N) is 1. The highest BCUT2D eigenvalue weighted by Crippen LogP contribution is 2.16. The fourth-order valence-corrected chi connectivity index (χ4v) is 2.47. The summed E-state index contributed by atoms with van der Waals surface area (Å²) >= 11 is 0. The van der Waals surface area contributed by atoms with Crippen LogP contribution in [0, 0.1) is 13.8 Å². The Hall–Kier alpha value is -2.29. The van der Waals surface area contributed by atoms with Gasteiger partial charge in [0.15, 0.2) is 0 Å². The van der Waals surface area contributed by atoms with E-state index in [1.165, 1.54) is 16.7 Å². The molecule has 1 amide bonds. The van der Waals surface area contributed by atoms with Gasteiger partial charge >= 0.3 is 0 Å². The summed E-state index contributed by atoms with van der Waals surface area (Å²) in [5, 5.41) is 2.99. The predicted octanol–water partition coefficient (Wildman–Crippen LogP) is 3.99. The smallest absolute Gasteiger partial charge is 0.224 e. The normalized spacial score (nSPS) is 11.8. The summed E-state index contributed by atoms with van der Waals surface area (Å²) in [6.07, 6.45) is 1.41. The van der Waals surface area contributed by atoms with Crippen molar-refractivity contribution < 1.29 is 9.53 Å². The van der Waals surface area contributed by atoms with Crippen LogP contribution in [0.5, 0.6) is 5.75 Å². The monoisotopic (exact) mass is 325 g/mol. The molecule has 0 spiro atoms. The third kappa shape index (κ3) is 5.41. The molecule has 2 aromatic rings. The van der Waals surface area contributed by atoms with Gasteiger partial charge < -0.3 is 10.1 Å². The van der Waals surface area contributed by atoms with Crippen LogP contribution in [-0.2, 0) is 17.6 Å².